The summed E-state index contributed by atoms with van der Waals surface area (Å²) in [5, 5.41) is 19.0. The summed E-state index contributed by atoms with van der Waals surface area (Å²) in [5.41, 5.74) is -0.805. The predicted molar refractivity (Wildman–Crippen MR) is 63.9 cm³/mol. The fourth-order valence-corrected chi connectivity index (χ4v) is 2.12. The van der Waals surface area contributed by atoms with E-state index >= 15 is 0 Å². The van der Waals surface area contributed by atoms with Crippen LogP contribution in [-0.2, 0) is 9.47 Å². The summed E-state index contributed by atoms with van der Waals surface area (Å²) in [6.45, 7) is 1.15. The third-order valence-electron chi connectivity index (χ3n) is 3.18. The van der Waals surface area contributed by atoms with Crippen molar-refractivity contribution >= 4 is 0 Å². The number of ether oxygens (including phenoxy) is 2. The first-order valence-electron chi connectivity index (χ1n) is 5.78. The van der Waals surface area contributed by atoms with Gasteiger partial charge < -0.3 is 19.7 Å². The zero-order valence-corrected chi connectivity index (χ0v) is 10.6. The standard InChI is InChI=1S/C11H16N2O6/c1-5-3-13(11(17)12-9(5)16)10-8(18-2)7(15)6(4-14)19-10/h3,6-8,10,14-15H,4H2,1-2H3,(H,12,16,17)/t6-,7?,8+,10-/m1/s1. The van der Waals surface area contributed by atoms with Crippen molar-refractivity contribution in [3.8, 4) is 0 Å². The first kappa shape index (κ1) is 13.9. The van der Waals surface area contributed by atoms with Crippen LogP contribution in [0, 0.1) is 6.92 Å². The molecule has 1 fully saturated rings. The highest BCUT2D eigenvalue weighted by atomic mass is 16.6. The Morgan fingerprint density at radius 1 is 1.53 bits per heavy atom. The number of aromatic amines is 1. The Balaban J connectivity index is 2.44. The topological polar surface area (TPSA) is 114 Å². The molecular formula is C11H16N2O6. The van der Waals surface area contributed by atoms with E-state index in [1.165, 1.54) is 13.3 Å². The molecule has 8 nitrogen and oxygen atoms in total. The SMILES string of the molecule is CO[C@H]1C(O)[C@@H](CO)O[C@H]1n1cc(C)c(=O)[nH]c1=O. The number of aliphatic hydroxyl groups is 2. The second-order valence-corrected chi connectivity index (χ2v) is 4.42. The summed E-state index contributed by atoms with van der Waals surface area (Å²) >= 11 is 0. The summed E-state index contributed by atoms with van der Waals surface area (Å²) < 4.78 is 11.7. The van der Waals surface area contributed by atoms with Gasteiger partial charge in [-0.3, -0.25) is 14.3 Å². The predicted octanol–water partition coefficient (Wildman–Crippen LogP) is -1.89. The maximum atomic E-state index is 11.8. The molecule has 0 saturated carbocycles. The van der Waals surface area contributed by atoms with Crippen molar-refractivity contribution in [2.75, 3.05) is 13.7 Å². The molecule has 0 radical (unpaired) electrons. The third kappa shape index (κ3) is 2.35. The summed E-state index contributed by atoms with van der Waals surface area (Å²) in [6, 6.07) is 0. The molecule has 4 atom stereocenters. The third-order valence-corrected chi connectivity index (χ3v) is 3.18. The summed E-state index contributed by atoms with van der Waals surface area (Å²) in [4.78, 5) is 25.2. The number of aromatic nitrogens is 2. The second kappa shape index (κ2) is 5.25. The maximum Gasteiger partial charge on any atom is 0.330 e. The van der Waals surface area contributed by atoms with E-state index in [2.05, 4.69) is 4.98 Å². The molecule has 2 heterocycles. The molecule has 106 valence electrons. The number of hydrogen-bond acceptors (Lipinski definition) is 6. The van der Waals surface area contributed by atoms with Gasteiger partial charge in [0.2, 0.25) is 0 Å². The van der Waals surface area contributed by atoms with Gasteiger partial charge in [0, 0.05) is 18.9 Å². The van der Waals surface area contributed by atoms with Gasteiger partial charge in [-0.15, -0.1) is 0 Å². The molecule has 8 heteroatoms. The second-order valence-electron chi connectivity index (χ2n) is 4.42. The lowest BCUT2D eigenvalue weighted by atomic mass is 10.1. The molecule has 2 rings (SSSR count). The van der Waals surface area contributed by atoms with Crippen molar-refractivity contribution in [1.82, 2.24) is 9.55 Å². The van der Waals surface area contributed by atoms with E-state index in [1.807, 2.05) is 0 Å². The van der Waals surface area contributed by atoms with E-state index in [9.17, 15) is 14.7 Å². The molecule has 19 heavy (non-hydrogen) atoms. The van der Waals surface area contributed by atoms with Crippen LogP contribution < -0.4 is 11.2 Å². The van der Waals surface area contributed by atoms with Crippen molar-refractivity contribution in [3.63, 3.8) is 0 Å². The van der Waals surface area contributed by atoms with Crippen LogP contribution >= 0.6 is 0 Å². The van der Waals surface area contributed by atoms with Gasteiger partial charge >= 0.3 is 5.69 Å². The molecule has 1 aliphatic rings. The lowest BCUT2D eigenvalue weighted by molar-refractivity contribution is -0.0626. The number of nitrogens with one attached hydrogen (secondary N) is 1. The molecule has 1 aromatic rings. The molecule has 0 spiro atoms. The number of aryl methyl sites for hydroxylation is 1. The normalized spacial score (nSPS) is 30.7. The maximum absolute atomic E-state index is 11.8. The van der Waals surface area contributed by atoms with Gasteiger partial charge in [0.05, 0.1) is 6.61 Å². The lowest BCUT2D eigenvalue weighted by Gasteiger charge is -2.20. The summed E-state index contributed by atoms with van der Waals surface area (Å²) in [5.74, 6) is 0. The van der Waals surface area contributed by atoms with Gasteiger partial charge in [-0.25, -0.2) is 4.79 Å². The molecule has 1 aliphatic heterocycles. The summed E-state index contributed by atoms with van der Waals surface area (Å²) in [7, 11) is 1.37. The van der Waals surface area contributed by atoms with Gasteiger partial charge in [-0.2, -0.15) is 0 Å². The number of aliphatic hydroxyl groups excluding tert-OH is 2. The molecule has 0 amide bonds. The average molecular weight is 272 g/mol. The van der Waals surface area contributed by atoms with Crippen LogP contribution in [0.15, 0.2) is 15.8 Å². The van der Waals surface area contributed by atoms with Crippen LogP contribution in [0.3, 0.4) is 0 Å². The molecule has 0 aliphatic carbocycles. The van der Waals surface area contributed by atoms with E-state index in [0.717, 1.165) is 4.57 Å². The number of nitrogens with zero attached hydrogens (tertiary/aromatic N) is 1. The fourth-order valence-electron chi connectivity index (χ4n) is 2.12. The lowest BCUT2D eigenvalue weighted by Crippen LogP contribution is -2.39. The largest absolute Gasteiger partial charge is 0.394 e. The van der Waals surface area contributed by atoms with Crippen molar-refractivity contribution < 1.29 is 19.7 Å². The van der Waals surface area contributed by atoms with E-state index in [0.29, 0.717) is 5.56 Å². The Morgan fingerprint density at radius 3 is 2.79 bits per heavy atom. The van der Waals surface area contributed by atoms with Crippen LogP contribution in [0.2, 0.25) is 0 Å². The minimum Gasteiger partial charge on any atom is -0.394 e. The monoisotopic (exact) mass is 272 g/mol. The molecule has 1 saturated heterocycles. The smallest absolute Gasteiger partial charge is 0.330 e. The highest BCUT2D eigenvalue weighted by Gasteiger charge is 2.45. The highest BCUT2D eigenvalue weighted by Crippen LogP contribution is 2.30. The van der Waals surface area contributed by atoms with E-state index in [1.54, 1.807) is 6.92 Å². The van der Waals surface area contributed by atoms with Gasteiger partial charge in [-0.1, -0.05) is 0 Å². The minimum absolute atomic E-state index is 0.333. The Hall–Kier alpha value is -1.48. The Kier molecular flexibility index (Phi) is 3.85. The minimum atomic E-state index is -1.06. The van der Waals surface area contributed by atoms with Crippen molar-refractivity contribution in [2.45, 2.75) is 31.5 Å². The quantitative estimate of drug-likeness (QED) is 0.593. The Morgan fingerprint density at radius 2 is 2.21 bits per heavy atom. The molecule has 3 N–H and O–H groups in total. The van der Waals surface area contributed by atoms with Crippen molar-refractivity contribution in [1.29, 1.82) is 0 Å². The molecule has 1 unspecified atom stereocenters. The van der Waals surface area contributed by atoms with Crippen LogP contribution in [0.5, 0.6) is 0 Å². The van der Waals surface area contributed by atoms with E-state index in [4.69, 9.17) is 14.6 Å². The highest BCUT2D eigenvalue weighted by molar-refractivity contribution is 5.03. The Labute approximate surface area is 108 Å². The van der Waals surface area contributed by atoms with Crippen LogP contribution in [0.4, 0.5) is 0 Å². The van der Waals surface area contributed by atoms with E-state index in [-0.39, 0.29) is 0 Å². The first-order chi connectivity index (χ1) is 8.99. The average Bonchev–Trinajstić information content (AvgIpc) is 2.70. The number of rotatable bonds is 3. The van der Waals surface area contributed by atoms with Crippen molar-refractivity contribution in [2.24, 2.45) is 0 Å². The summed E-state index contributed by atoms with van der Waals surface area (Å²) in [6.07, 6.45) is -2.27. The molecule has 1 aromatic heterocycles. The fraction of sp³-hybridized carbons (Fsp3) is 0.636. The number of hydrogen-bond donors (Lipinski definition) is 3. The molecule has 0 aromatic carbocycles. The van der Waals surface area contributed by atoms with E-state index < -0.39 is 42.4 Å². The van der Waals surface area contributed by atoms with Gasteiger partial charge in [0.25, 0.3) is 5.56 Å². The van der Waals surface area contributed by atoms with Crippen molar-refractivity contribution in [3.05, 3.63) is 32.6 Å². The zero-order valence-electron chi connectivity index (χ0n) is 10.6. The number of H-pyrrole nitrogens is 1. The van der Waals surface area contributed by atoms with Gasteiger partial charge in [-0.05, 0) is 6.92 Å². The zero-order chi connectivity index (χ0) is 14.2. The van der Waals surface area contributed by atoms with Gasteiger partial charge in [0.1, 0.15) is 18.3 Å². The Bertz CT molecular complexity index is 565. The first-order valence-corrected chi connectivity index (χ1v) is 5.78. The van der Waals surface area contributed by atoms with Gasteiger partial charge in [0.15, 0.2) is 6.23 Å². The number of methoxy groups -OCH3 is 1. The molecule has 0 bridgehead atoms. The van der Waals surface area contributed by atoms with Crippen LogP contribution in [-0.4, -0.2) is 51.8 Å². The molecular weight excluding hydrogens is 256 g/mol. The van der Waals surface area contributed by atoms with Crippen LogP contribution in [0.25, 0.3) is 0 Å². The van der Waals surface area contributed by atoms with Crippen LogP contribution in [0.1, 0.15) is 11.8 Å².